The lowest BCUT2D eigenvalue weighted by Crippen LogP contribution is -1.88. The van der Waals surface area contributed by atoms with Gasteiger partial charge >= 0.3 is 4.87 Å². The van der Waals surface area contributed by atoms with Crippen LogP contribution in [0, 0.1) is 0 Å². The van der Waals surface area contributed by atoms with Crippen molar-refractivity contribution in [1.82, 2.24) is 4.98 Å². The number of H-pyrrole nitrogens is 1. The highest BCUT2D eigenvalue weighted by atomic mass is 32.1. The molecular weight excluding hydrogens is 134 g/mol. The zero-order chi connectivity index (χ0) is 6.69. The smallest absolute Gasteiger partial charge is 0.304 e. The summed E-state index contributed by atoms with van der Waals surface area (Å²) in [6, 6.07) is 0. The van der Waals surface area contributed by atoms with Crippen molar-refractivity contribution in [3.63, 3.8) is 0 Å². The van der Waals surface area contributed by atoms with E-state index in [2.05, 4.69) is 11.9 Å². The van der Waals surface area contributed by atoms with E-state index in [1.165, 1.54) is 11.3 Å². The molecule has 1 N–H and O–H groups in total. The number of rotatable bonds is 2. The van der Waals surface area contributed by atoms with Crippen molar-refractivity contribution in [2.24, 2.45) is 0 Å². The first-order valence-electron chi connectivity index (χ1n) is 3.00. The molecule has 0 saturated heterocycles. The second kappa shape index (κ2) is 2.82. The Bertz CT molecular complexity index is 225. The molecule has 0 saturated carbocycles. The van der Waals surface area contributed by atoms with E-state index in [4.69, 9.17) is 0 Å². The van der Waals surface area contributed by atoms with Crippen molar-refractivity contribution in [3.8, 4) is 0 Å². The summed E-state index contributed by atoms with van der Waals surface area (Å²) in [7, 11) is 0. The Morgan fingerprint density at radius 3 is 3.00 bits per heavy atom. The second-order valence-electron chi connectivity index (χ2n) is 1.89. The monoisotopic (exact) mass is 143 g/mol. The van der Waals surface area contributed by atoms with Gasteiger partial charge in [-0.3, -0.25) is 4.79 Å². The number of thiazole rings is 1. The first-order valence-corrected chi connectivity index (χ1v) is 3.82. The van der Waals surface area contributed by atoms with Gasteiger partial charge in [0.25, 0.3) is 0 Å². The van der Waals surface area contributed by atoms with E-state index < -0.39 is 0 Å². The van der Waals surface area contributed by atoms with Crippen LogP contribution in [0.4, 0.5) is 0 Å². The highest BCUT2D eigenvalue weighted by Gasteiger charge is 1.92. The van der Waals surface area contributed by atoms with Crippen LogP contribution in [0.15, 0.2) is 11.0 Å². The van der Waals surface area contributed by atoms with Gasteiger partial charge in [0.2, 0.25) is 0 Å². The van der Waals surface area contributed by atoms with Crippen LogP contribution in [0.1, 0.15) is 18.2 Å². The molecule has 0 amide bonds. The molecule has 0 aromatic carbocycles. The van der Waals surface area contributed by atoms with Gasteiger partial charge in [0, 0.05) is 11.1 Å². The summed E-state index contributed by atoms with van der Waals surface area (Å²) in [6.07, 6.45) is 3.91. The van der Waals surface area contributed by atoms with Crippen LogP contribution in [0.5, 0.6) is 0 Å². The maximum Gasteiger partial charge on any atom is 0.304 e. The Morgan fingerprint density at radius 1 is 1.78 bits per heavy atom. The summed E-state index contributed by atoms with van der Waals surface area (Å²) in [4.78, 5) is 14.4. The summed E-state index contributed by atoms with van der Waals surface area (Å²) in [5.74, 6) is 0. The van der Waals surface area contributed by atoms with Crippen LogP contribution in [-0.4, -0.2) is 4.98 Å². The van der Waals surface area contributed by atoms with Crippen molar-refractivity contribution in [2.45, 2.75) is 19.8 Å². The van der Waals surface area contributed by atoms with Crippen molar-refractivity contribution in [1.29, 1.82) is 0 Å². The molecule has 0 aliphatic rings. The molecule has 2 nitrogen and oxygen atoms in total. The first-order chi connectivity index (χ1) is 4.33. The molecule has 50 valence electrons. The molecule has 1 aromatic rings. The normalized spacial score (nSPS) is 9.89. The van der Waals surface area contributed by atoms with Crippen LogP contribution in [-0.2, 0) is 6.42 Å². The Morgan fingerprint density at radius 2 is 2.56 bits per heavy atom. The molecule has 1 aromatic heterocycles. The molecule has 0 unspecified atom stereocenters. The Kier molecular flexibility index (Phi) is 2.05. The molecular formula is C6H9NOS. The molecule has 0 aliphatic heterocycles. The van der Waals surface area contributed by atoms with E-state index in [9.17, 15) is 4.79 Å². The minimum atomic E-state index is 0.0541. The van der Waals surface area contributed by atoms with E-state index in [0.717, 1.165) is 17.7 Å². The molecule has 0 radical (unpaired) electrons. The van der Waals surface area contributed by atoms with Gasteiger partial charge in [-0.25, -0.2) is 0 Å². The van der Waals surface area contributed by atoms with Crippen molar-refractivity contribution < 1.29 is 0 Å². The zero-order valence-electron chi connectivity index (χ0n) is 5.31. The van der Waals surface area contributed by atoms with E-state index in [0.29, 0.717) is 0 Å². The number of hydrogen-bond acceptors (Lipinski definition) is 2. The minimum absolute atomic E-state index is 0.0541. The fourth-order valence-electron chi connectivity index (χ4n) is 0.687. The summed E-state index contributed by atoms with van der Waals surface area (Å²) in [5.41, 5.74) is 0. The lowest BCUT2D eigenvalue weighted by atomic mass is 10.3. The second-order valence-corrected chi connectivity index (χ2v) is 2.99. The van der Waals surface area contributed by atoms with Crippen LogP contribution in [0.3, 0.4) is 0 Å². The fraction of sp³-hybridized carbons (Fsp3) is 0.500. The average Bonchev–Trinajstić information content (AvgIpc) is 2.17. The minimum Gasteiger partial charge on any atom is -0.319 e. The molecule has 0 atom stereocenters. The topological polar surface area (TPSA) is 32.9 Å². The third-order valence-electron chi connectivity index (χ3n) is 1.07. The molecule has 0 fully saturated rings. The van der Waals surface area contributed by atoms with E-state index in [1.54, 1.807) is 6.20 Å². The Balaban J connectivity index is 2.73. The third kappa shape index (κ3) is 1.68. The first kappa shape index (κ1) is 6.55. The van der Waals surface area contributed by atoms with Crippen LogP contribution >= 0.6 is 11.3 Å². The molecule has 3 heteroatoms. The predicted octanol–water partition coefficient (Wildman–Crippen LogP) is 1.39. The molecule has 1 heterocycles. The number of nitrogens with one attached hydrogen (secondary N) is 1. The molecule has 1 rings (SSSR count). The number of aryl methyl sites for hydroxylation is 1. The fourth-order valence-corrected chi connectivity index (χ4v) is 1.47. The number of aromatic amines is 1. The SMILES string of the molecule is CCCc1c[nH]c(=O)s1. The summed E-state index contributed by atoms with van der Waals surface area (Å²) < 4.78 is 0. The molecule has 0 bridgehead atoms. The van der Waals surface area contributed by atoms with Gasteiger partial charge in [-0.15, -0.1) is 0 Å². The van der Waals surface area contributed by atoms with Gasteiger partial charge in [0.15, 0.2) is 0 Å². The average molecular weight is 143 g/mol. The highest BCUT2D eigenvalue weighted by molar-refractivity contribution is 7.09. The van der Waals surface area contributed by atoms with Gasteiger partial charge in [-0.05, 0) is 6.42 Å². The van der Waals surface area contributed by atoms with Gasteiger partial charge in [-0.2, -0.15) is 0 Å². The maximum absolute atomic E-state index is 10.5. The standard InChI is InChI=1S/C6H9NOS/c1-2-3-5-4-7-6(8)9-5/h4H,2-3H2,1H3,(H,7,8). The van der Waals surface area contributed by atoms with Crippen LogP contribution in [0.2, 0.25) is 0 Å². The third-order valence-corrected chi connectivity index (χ3v) is 1.96. The number of hydrogen-bond donors (Lipinski definition) is 1. The quantitative estimate of drug-likeness (QED) is 0.666. The molecule has 0 aliphatic carbocycles. The van der Waals surface area contributed by atoms with E-state index >= 15 is 0 Å². The van der Waals surface area contributed by atoms with Gasteiger partial charge in [0.1, 0.15) is 0 Å². The predicted molar refractivity (Wildman–Crippen MR) is 38.9 cm³/mol. The zero-order valence-corrected chi connectivity index (χ0v) is 6.12. The van der Waals surface area contributed by atoms with Crippen LogP contribution < -0.4 is 4.87 Å². The van der Waals surface area contributed by atoms with Gasteiger partial charge < -0.3 is 4.98 Å². The van der Waals surface area contributed by atoms with E-state index in [-0.39, 0.29) is 4.87 Å². The van der Waals surface area contributed by atoms with Crippen molar-refractivity contribution in [3.05, 3.63) is 20.7 Å². The lowest BCUT2D eigenvalue weighted by Gasteiger charge is -1.84. The Hall–Kier alpha value is -0.570. The summed E-state index contributed by atoms with van der Waals surface area (Å²) in [5, 5.41) is 0. The van der Waals surface area contributed by atoms with E-state index in [1.807, 2.05) is 0 Å². The lowest BCUT2D eigenvalue weighted by molar-refractivity contribution is 0.936. The Labute approximate surface area is 57.5 Å². The summed E-state index contributed by atoms with van der Waals surface area (Å²) >= 11 is 1.30. The van der Waals surface area contributed by atoms with Crippen molar-refractivity contribution in [2.75, 3.05) is 0 Å². The maximum atomic E-state index is 10.5. The number of aromatic nitrogens is 1. The molecule has 9 heavy (non-hydrogen) atoms. The van der Waals surface area contributed by atoms with Crippen LogP contribution in [0.25, 0.3) is 0 Å². The molecule has 0 spiro atoms. The van der Waals surface area contributed by atoms with Gasteiger partial charge in [-0.1, -0.05) is 24.7 Å². The van der Waals surface area contributed by atoms with Gasteiger partial charge in [0.05, 0.1) is 0 Å². The largest absolute Gasteiger partial charge is 0.319 e. The van der Waals surface area contributed by atoms with Crippen molar-refractivity contribution >= 4 is 11.3 Å². The highest BCUT2D eigenvalue weighted by Crippen LogP contribution is 2.02. The summed E-state index contributed by atoms with van der Waals surface area (Å²) in [6.45, 7) is 2.10.